The van der Waals surface area contributed by atoms with Crippen molar-refractivity contribution in [2.24, 2.45) is 10.6 Å². The van der Waals surface area contributed by atoms with Crippen molar-refractivity contribution in [2.75, 3.05) is 6.54 Å². The highest BCUT2D eigenvalue weighted by Crippen LogP contribution is 2.42. The van der Waals surface area contributed by atoms with E-state index in [1.807, 2.05) is 66.7 Å². The zero-order chi connectivity index (χ0) is 30.5. The van der Waals surface area contributed by atoms with E-state index in [4.69, 9.17) is 20.9 Å². The summed E-state index contributed by atoms with van der Waals surface area (Å²) in [5, 5.41) is 25.5. The fourth-order valence-electron chi connectivity index (χ4n) is 5.56. The topological polar surface area (TPSA) is 142 Å². The van der Waals surface area contributed by atoms with Gasteiger partial charge in [-0.1, -0.05) is 103 Å². The Morgan fingerprint density at radius 1 is 0.953 bits per heavy atom. The molecule has 1 aliphatic rings. The lowest BCUT2D eigenvalue weighted by Gasteiger charge is -2.31. The fourth-order valence-corrected chi connectivity index (χ4v) is 5.56. The van der Waals surface area contributed by atoms with Crippen LogP contribution < -0.4 is 5.32 Å². The van der Waals surface area contributed by atoms with E-state index >= 15 is 0 Å². The number of amidine groups is 1. The van der Waals surface area contributed by atoms with Crippen LogP contribution in [-0.2, 0) is 27.4 Å². The van der Waals surface area contributed by atoms with Crippen LogP contribution in [0.25, 0.3) is 11.1 Å². The van der Waals surface area contributed by atoms with E-state index < -0.39 is 17.4 Å². The second-order valence-corrected chi connectivity index (χ2v) is 11.0. The molecule has 3 aromatic rings. The van der Waals surface area contributed by atoms with Gasteiger partial charge >= 0.3 is 5.97 Å². The molecule has 1 atom stereocenters. The van der Waals surface area contributed by atoms with E-state index in [0.717, 1.165) is 40.1 Å². The van der Waals surface area contributed by atoms with Crippen molar-refractivity contribution in [2.45, 2.75) is 64.0 Å². The summed E-state index contributed by atoms with van der Waals surface area (Å²) >= 11 is 0. The third kappa shape index (κ3) is 8.58. The summed E-state index contributed by atoms with van der Waals surface area (Å²) in [6.45, 7) is 0.223. The first-order valence-corrected chi connectivity index (χ1v) is 14.7. The van der Waals surface area contributed by atoms with E-state index in [0.29, 0.717) is 25.7 Å². The maximum absolute atomic E-state index is 13.9. The first-order valence-electron chi connectivity index (χ1n) is 14.7. The number of esters is 1. The van der Waals surface area contributed by atoms with Crippen LogP contribution in [-0.4, -0.2) is 35.3 Å². The zero-order valence-corrected chi connectivity index (χ0v) is 24.3. The second-order valence-electron chi connectivity index (χ2n) is 11.0. The number of carbonyl (C=O) groups excluding carboxylic acids is 2. The highest BCUT2D eigenvalue weighted by molar-refractivity contribution is 5.93. The van der Waals surface area contributed by atoms with Gasteiger partial charge in [-0.25, -0.2) is 5.01 Å². The number of ether oxygens (including phenoxy) is 1. The van der Waals surface area contributed by atoms with Crippen LogP contribution in [0.3, 0.4) is 0 Å². The van der Waals surface area contributed by atoms with Gasteiger partial charge in [0.15, 0.2) is 0 Å². The van der Waals surface area contributed by atoms with Gasteiger partial charge in [0, 0.05) is 0 Å². The molecule has 1 aliphatic carbocycles. The van der Waals surface area contributed by atoms with E-state index in [-0.39, 0.29) is 37.7 Å². The number of rotatable bonds is 14. The normalized spacial score (nSPS) is 14.2. The van der Waals surface area contributed by atoms with E-state index in [2.05, 4.69) is 34.8 Å². The van der Waals surface area contributed by atoms with Crippen LogP contribution in [0.2, 0.25) is 0 Å². The van der Waals surface area contributed by atoms with Gasteiger partial charge in [0.2, 0.25) is 5.91 Å². The number of hydrogen-bond acceptors (Lipinski definition) is 7. The van der Waals surface area contributed by atoms with E-state index in [1.165, 1.54) is 0 Å². The first-order chi connectivity index (χ1) is 20.9. The minimum absolute atomic E-state index is 0.0341. The molecule has 0 unspecified atom stereocenters. The minimum Gasteiger partial charge on any atom is -0.461 e. The number of hydrogen-bond donors (Lipinski definition) is 3. The third-order valence-electron chi connectivity index (χ3n) is 8.02. The van der Waals surface area contributed by atoms with Crippen LogP contribution in [0.4, 0.5) is 0 Å². The Balaban J connectivity index is 1.46. The molecule has 1 amide bonds. The summed E-state index contributed by atoms with van der Waals surface area (Å²) in [6.07, 6.45) is 3.78. The Morgan fingerprint density at radius 3 is 2.21 bits per heavy atom. The summed E-state index contributed by atoms with van der Waals surface area (Å²) in [7, 11) is 0. The SMILES string of the molecule is N#CCCN(N=N)C(=N)[C@H](CCc1ccc(-c2ccccc2)cc1)NC(=O)C1(CC(=O)OCc2ccccc2)CCCC1. The van der Waals surface area contributed by atoms with Gasteiger partial charge in [-0.05, 0) is 47.9 Å². The number of aryl methyl sites for hydroxylation is 1. The van der Waals surface area contributed by atoms with Crippen LogP contribution in [0.5, 0.6) is 0 Å². The Bertz CT molecular complexity index is 1410. The lowest BCUT2D eigenvalue weighted by atomic mass is 9.81. The number of nitrogens with zero attached hydrogens (tertiary/aromatic N) is 3. The van der Waals surface area contributed by atoms with Gasteiger partial charge in [-0.2, -0.15) is 10.8 Å². The molecule has 1 fully saturated rings. The van der Waals surface area contributed by atoms with Crippen LogP contribution in [0.15, 0.2) is 90.2 Å². The maximum Gasteiger partial charge on any atom is 0.307 e. The zero-order valence-electron chi connectivity index (χ0n) is 24.3. The van der Waals surface area contributed by atoms with E-state index in [9.17, 15) is 9.59 Å². The Hall–Kier alpha value is -4.84. The maximum atomic E-state index is 13.9. The van der Waals surface area contributed by atoms with Crippen molar-refractivity contribution < 1.29 is 14.3 Å². The van der Waals surface area contributed by atoms with Crippen molar-refractivity contribution in [1.29, 1.82) is 16.2 Å². The Kier molecular flexibility index (Phi) is 11.1. The monoisotopic (exact) mass is 578 g/mol. The van der Waals surface area contributed by atoms with Gasteiger partial charge in [0.05, 0.1) is 36.9 Å². The van der Waals surface area contributed by atoms with Crippen LogP contribution >= 0.6 is 0 Å². The van der Waals surface area contributed by atoms with Gasteiger partial charge in [0.1, 0.15) is 12.4 Å². The molecule has 222 valence electrons. The molecule has 0 spiro atoms. The van der Waals surface area contributed by atoms with E-state index in [1.54, 1.807) is 0 Å². The molecule has 1 saturated carbocycles. The standard InChI is InChI=1S/C34H38N6O3/c35-22-9-23-40(39-37)32(36)30(19-16-26-14-17-29(18-15-26)28-12-5-2-6-13-28)38-33(42)34(20-7-8-21-34)24-31(41)43-25-27-10-3-1-4-11-27/h1-6,10-15,17-18,30,36-37H,7-9,16,19-21,23-25H2,(H,38,42)/t30-/m0/s1. The fraction of sp³-hybridized carbons (Fsp3) is 0.353. The van der Waals surface area contributed by atoms with Gasteiger partial charge in [0.25, 0.3) is 0 Å². The molecule has 0 aromatic heterocycles. The lowest BCUT2D eigenvalue weighted by Crippen LogP contribution is -2.51. The highest BCUT2D eigenvalue weighted by atomic mass is 16.5. The molecule has 0 radical (unpaired) electrons. The lowest BCUT2D eigenvalue weighted by molar-refractivity contribution is -0.151. The van der Waals surface area contributed by atoms with Crippen molar-refractivity contribution in [3.8, 4) is 17.2 Å². The average molecular weight is 579 g/mol. The molecule has 3 N–H and O–H groups in total. The molecule has 9 nitrogen and oxygen atoms in total. The molecule has 0 bridgehead atoms. The molecule has 43 heavy (non-hydrogen) atoms. The predicted octanol–water partition coefficient (Wildman–Crippen LogP) is 6.60. The predicted molar refractivity (Wildman–Crippen MR) is 164 cm³/mol. The molecule has 0 saturated heterocycles. The molecule has 0 heterocycles. The van der Waals surface area contributed by atoms with Crippen molar-refractivity contribution in [3.63, 3.8) is 0 Å². The third-order valence-corrected chi connectivity index (χ3v) is 8.02. The molecule has 0 aliphatic heterocycles. The summed E-state index contributed by atoms with van der Waals surface area (Å²) in [4.78, 5) is 26.8. The van der Waals surface area contributed by atoms with Crippen LogP contribution in [0, 0.1) is 27.7 Å². The number of benzene rings is 3. The summed E-state index contributed by atoms with van der Waals surface area (Å²) < 4.78 is 5.52. The highest BCUT2D eigenvalue weighted by Gasteiger charge is 2.44. The average Bonchev–Trinajstić information content (AvgIpc) is 3.53. The molecular weight excluding hydrogens is 540 g/mol. The molecular formula is C34H38N6O3. The Morgan fingerprint density at radius 2 is 1.58 bits per heavy atom. The van der Waals surface area contributed by atoms with Crippen molar-refractivity contribution in [3.05, 3.63) is 96.1 Å². The first kappa shape index (κ1) is 31.1. The van der Waals surface area contributed by atoms with Crippen LogP contribution in [0.1, 0.15) is 56.1 Å². The molecule has 9 heteroatoms. The summed E-state index contributed by atoms with van der Waals surface area (Å²) in [5.41, 5.74) is 10.8. The second kappa shape index (κ2) is 15.4. The summed E-state index contributed by atoms with van der Waals surface area (Å²) in [6, 6.07) is 28.9. The van der Waals surface area contributed by atoms with Gasteiger partial charge in [-0.15, -0.1) is 0 Å². The van der Waals surface area contributed by atoms with Gasteiger partial charge < -0.3 is 10.1 Å². The van der Waals surface area contributed by atoms with Crippen molar-refractivity contribution >= 4 is 17.7 Å². The molecule has 4 rings (SSSR count). The number of carbonyl (C=O) groups is 2. The summed E-state index contributed by atoms with van der Waals surface area (Å²) in [5.74, 6) is -0.775. The Labute approximate surface area is 252 Å². The number of nitriles is 1. The quantitative estimate of drug-likeness (QED) is 0.0649. The van der Waals surface area contributed by atoms with Gasteiger partial charge in [-0.3, -0.25) is 15.0 Å². The largest absolute Gasteiger partial charge is 0.461 e. The number of nitrogens with one attached hydrogen (secondary N) is 3. The number of amides is 1. The smallest absolute Gasteiger partial charge is 0.307 e. The van der Waals surface area contributed by atoms with Crippen molar-refractivity contribution in [1.82, 2.24) is 10.3 Å². The minimum atomic E-state index is -0.917. The molecule has 3 aromatic carbocycles.